The van der Waals surface area contributed by atoms with Gasteiger partial charge in [-0.25, -0.2) is 0 Å². The first-order valence-corrected chi connectivity index (χ1v) is 7.96. The van der Waals surface area contributed by atoms with Crippen LogP contribution in [0.25, 0.3) is 0 Å². The van der Waals surface area contributed by atoms with Gasteiger partial charge in [0.2, 0.25) is 11.8 Å². The molecule has 5 heteroatoms. The summed E-state index contributed by atoms with van der Waals surface area (Å²) in [6, 6.07) is 9.69. The van der Waals surface area contributed by atoms with E-state index >= 15 is 0 Å². The molecule has 1 aromatic carbocycles. The maximum atomic E-state index is 12.6. The zero-order valence-electron chi connectivity index (χ0n) is 12.9. The predicted octanol–water partition coefficient (Wildman–Crippen LogP) is 0.932. The highest BCUT2D eigenvalue weighted by Gasteiger charge is 2.38. The number of likely N-dealkylation sites (tertiary alicyclic amines) is 1. The van der Waals surface area contributed by atoms with Crippen molar-refractivity contribution in [2.45, 2.75) is 18.9 Å². The molecule has 0 spiro atoms. The molecular weight excluding hydrogens is 278 g/mol. The van der Waals surface area contributed by atoms with Crippen molar-refractivity contribution in [3.63, 3.8) is 0 Å². The molecular formula is C17H23N3O2. The van der Waals surface area contributed by atoms with Crippen molar-refractivity contribution in [1.29, 1.82) is 0 Å². The molecule has 2 aliphatic heterocycles. The molecule has 0 aliphatic carbocycles. The molecule has 0 bridgehead atoms. The number of rotatable bonds is 4. The quantitative estimate of drug-likeness (QED) is 0.870. The molecule has 2 aliphatic rings. The minimum absolute atomic E-state index is 0.0695. The van der Waals surface area contributed by atoms with Crippen LogP contribution >= 0.6 is 0 Å². The lowest BCUT2D eigenvalue weighted by atomic mass is 9.84. The molecule has 1 aromatic rings. The molecule has 3 rings (SSSR count). The molecule has 22 heavy (non-hydrogen) atoms. The van der Waals surface area contributed by atoms with E-state index in [1.165, 1.54) is 0 Å². The van der Waals surface area contributed by atoms with Gasteiger partial charge in [0, 0.05) is 39.0 Å². The first-order valence-electron chi connectivity index (χ1n) is 7.96. The molecule has 2 amide bonds. The normalized spacial score (nSPS) is 25.7. The highest BCUT2D eigenvalue weighted by Crippen LogP contribution is 2.35. The van der Waals surface area contributed by atoms with Gasteiger partial charge < -0.3 is 15.5 Å². The lowest BCUT2D eigenvalue weighted by Crippen LogP contribution is -2.51. The number of piperidine rings is 1. The largest absolute Gasteiger partial charge is 0.355 e. The van der Waals surface area contributed by atoms with E-state index in [0.717, 1.165) is 25.2 Å². The summed E-state index contributed by atoms with van der Waals surface area (Å²) in [4.78, 5) is 26.4. The zero-order valence-corrected chi connectivity index (χ0v) is 12.9. The molecule has 5 nitrogen and oxygen atoms in total. The summed E-state index contributed by atoms with van der Waals surface area (Å²) in [7, 11) is 1.80. The minimum atomic E-state index is -0.168. The van der Waals surface area contributed by atoms with Gasteiger partial charge in [0.25, 0.3) is 0 Å². The van der Waals surface area contributed by atoms with Gasteiger partial charge in [-0.3, -0.25) is 9.59 Å². The lowest BCUT2D eigenvalue weighted by molar-refractivity contribution is -0.141. The third kappa shape index (κ3) is 2.99. The molecule has 2 fully saturated rings. The smallest absolute Gasteiger partial charge is 0.225 e. The number of nitrogens with one attached hydrogen (secondary N) is 2. The zero-order chi connectivity index (χ0) is 15.5. The summed E-state index contributed by atoms with van der Waals surface area (Å²) in [5, 5.41) is 6.28. The Hall–Kier alpha value is -1.88. The third-order valence-electron chi connectivity index (χ3n) is 4.77. The fourth-order valence-corrected chi connectivity index (χ4v) is 3.29. The Bertz CT molecular complexity index is 542. The predicted molar refractivity (Wildman–Crippen MR) is 84.0 cm³/mol. The Labute approximate surface area is 131 Å². The monoisotopic (exact) mass is 301 g/mol. The van der Waals surface area contributed by atoms with Gasteiger partial charge in [0.1, 0.15) is 0 Å². The van der Waals surface area contributed by atoms with Crippen molar-refractivity contribution in [3.05, 3.63) is 35.9 Å². The molecule has 0 aromatic heterocycles. The van der Waals surface area contributed by atoms with Gasteiger partial charge in [-0.05, 0) is 12.0 Å². The summed E-state index contributed by atoms with van der Waals surface area (Å²) in [5.74, 6) is 0.557. The third-order valence-corrected chi connectivity index (χ3v) is 4.77. The summed E-state index contributed by atoms with van der Waals surface area (Å²) >= 11 is 0. The number of amides is 2. The van der Waals surface area contributed by atoms with Crippen LogP contribution in [0, 0.1) is 11.8 Å². The van der Waals surface area contributed by atoms with Crippen molar-refractivity contribution in [2.75, 3.05) is 26.7 Å². The number of benzene rings is 1. The average molecular weight is 301 g/mol. The van der Waals surface area contributed by atoms with Crippen LogP contribution in [-0.2, 0) is 9.59 Å². The van der Waals surface area contributed by atoms with E-state index in [9.17, 15) is 9.59 Å². The van der Waals surface area contributed by atoms with Crippen LogP contribution in [0.3, 0.4) is 0 Å². The highest BCUT2D eigenvalue weighted by molar-refractivity contribution is 5.84. The van der Waals surface area contributed by atoms with E-state index in [1.54, 1.807) is 11.9 Å². The number of hydrogen-bond acceptors (Lipinski definition) is 3. The number of nitrogens with zero attached hydrogens (tertiary/aromatic N) is 1. The van der Waals surface area contributed by atoms with Crippen LogP contribution in [0.1, 0.15) is 24.4 Å². The molecule has 2 N–H and O–H groups in total. The highest BCUT2D eigenvalue weighted by atomic mass is 16.2. The molecule has 2 saturated heterocycles. The second-order valence-corrected chi connectivity index (χ2v) is 6.27. The van der Waals surface area contributed by atoms with E-state index in [0.29, 0.717) is 18.8 Å². The van der Waals surface area contributed by atoms with Gasteiger partial charge in [0.15, 0.2) is 0 Å². The van der Waals surface area contributed by atoms with Gasteiger partial charge in [-0.15, -0.1) is 0 Å². The van der Waals surface area contributed by atoms with Crippen molar-refractivity contribution in [2.24, 2.45) is 11.8 Å². The van der Waals surface area contributed by atoms with Crippen molar-refractivity contribution >= 4 is 11.8 Å². The Morgan fingerprint density at radius 3 is 2.68 bits per heavy atom. The van der Waals surface area contributed by atoms with E-state index in [-0.39, 0.29) is 23.8 Å². The van der Waals surface area contributed by atoms with Crippen LogP contribution in [-0.4, -0.2) is 43.4 Å². The first-order chi connectivity index (χ1) is 10.7. The average Bonchev–Trinajstić information content (AvgIpc) is 2.49. The fraction of sp³-hybridized carbons (Fsp3) is 0.529. The maximum absolute atomic E-state index is 12.6. The van der Waals surface area contributed by atoms with E-state index < -0.39 is 0 Å². The van der Waals surface area contributed by atoms with Crippen molar-refractivity contribution in [3.8, 4) is 0 Å². The van der Waals surface area contributed by atoms with E-state index in [1.807, 2.05) is 30.3 Å². The Morgan fingerprint density at radius 1 is 1.32 bits per heavy atom. The second kappa shape index (κ2) is 6.48. The molecule has 2 atom stereocenters. The van der Waals surface area contributed by atoms with Crippen molar-refractivity contribution in [1.82, 2.24) is 15.5 Å². The van der Waals surface area contributed by atoms with Crippen LogP contribution in [0.2, 0.25) is 0 Å². The van der Waals surface area contributed by atoms with Crippen molar-refractivity contribution < 1.29 is 9.59 Å². The van der Waals surface area contributed by atoms with E-state index in [4.69, 9.17) is 0 Å². The number of carbonyl (C=O) groups excluding carboxylic acids is 2. The van der Waals surface area contributed by atoms with Gasteiger partial charge in [0.05, 0.1) is 12.0 Å². The van der Waals surface area contributed by atoms with Crippen LogP contribution in [0.4, 0.5) is 0 Å². The van der Waals surface area contributed by atoms with E-state index in [2.05, 4.69) is 10.6 Å². The first kappa shape index (κ1) is 15.0. The molecule has 118 valence electrons. The summed E-state index contributed by atoms with van der Waals surface area (Å²) in [6.07, 6.45) is 1.07. The SMILES string of the molecule is CN1C(=O)CCC(C(=O)NCC2CNC2)C1c1ccccc1. The molecule has 0 radical (unpaired) electrons. The van der Waals surface area contributed by atoms with Crippen LogP contribution in [0.5, 0.6) is 0 Å². The standard InChI is InChI=1S/C17H23N3O2/c1-20-15(21)8-7-14(16(20)13-5-3-2-4-6-13)17(22)19-11-12-9-18-10-12/h2-6,12,14,16,18H,7-11H2,1H3,(H,19,22). The topological polar surface area (TPSA) is 61.4 Å². The summed E-state index contributed by atoms with van der Waals surface area (Å²) in [6.45, 7) is 2.68. The fourth-order valence-electron chi connectivity index (χ4n) is 3.29. The Morgan fingerprint density at radius 2 is 2.05 bits per heavy atom. The number of hydrogen-bond donors (Lipinski definition) is 2. The van der Waals surface area contributed by atoms with Crippen LogP contribution in [0.15, 0.2) is 30.3 Å². The molecule has 0 saturated carbocycles. The van der Waals surface area contributed by atoms with Gasteiger partial charge in [-0.1, -0.05) is 30.3 Å². The minimum Gasteiger partial charge on any atom is -0.355 e. The Kier molecular flexibility index (Phi) is 4.43. The Balaban J connectivity index is 1.74. The molecule has 2 unspecified atom stereocenters. The second-order valence-electron chi connectivity index (χ2n) is 6.27. The molecule has 2 heterocycles. The maximum Gasteiger partial charge on any atom is 0.225 e. The van der Waals surface area contributed by atoms with Gasteiger partial charge in [-0.2, -0.15) is 0 Å². The van der Waals surface area contributed by atoms with Gasteiger partial charge >= 0.3 is 0 Å². The summed E-state index contributed by atoms with van der Waals surface area (Å²) < 4.78 is 0. The summed E-state index contributed by atoms with van der Waals surface area (Å²) in [5.41, 5.74) is 1.03. The van der Waals surface area contributed by atoms with Crippen LogP contribution < -0.4 is 10.6 Å². The lowest BCUT2D eigenvalue weighted by Gasteiger charge is -2.39. The number of carbonyl (C=O) groups is 2.